The fourth-order valence-electron chi connectivity index (χ4n) is 2.19. The molecule has 1 atom stereocenters. The summed E-state index contributed by atoms with van der Waals surface area (Å²) in [6.07, 6.45) is 3.60. The number of methoxy groups -OCH3 is 1. The van der Waals surface area contributed by atoms with Gasteiger partial charge in [0.1, 0.15) is 0 Å². The van der Waals surface area contributed by atoms with Gasteiger partial charge in [-0.2, -0.15) is 5.10 Å². The highest BCUT2D eigenvalue weighted by Crippen LogP contribution is 2.20. The van der Waals surface area contributed by atoms with E-state index in [1.54, 1.807) is 11.8 Å². The molecule has 0 aliphatic rings. The molecular weight excluding hydrogens is 214 g/mol. The molecule has 1 aromatic heterocycles. The van der Waals surface area contributed by atoms with E-state index < -0.39 is 0 Å². The van der Waals surface area contributed by atoms with Crippen molar-refractivity contribution in [3.05, 3.63) is 11.3 Å². The van der Waals surface area contributed by atoms with Crippen molar-refractivity contribution in [2.75, 3.05) is 7.11 Å². The van der Waals surface area contributed by atoms with Crippen LogP contribution in [-0.2, 0) is 13.6 Å². The molecule has 0 aliphatic carbocycles. The van der Waals surface area contributed by atoms with Gasteiger partial charge in [-0.1, -0.05) is 20.3 Å². The second kappa shape index (κ2) is 6.64. The Morgan fingerprint density at radius 1 is 1.41 bits per heavy atom. The van der Waals surface area contributed by atoms with E-state index in [2.05, 4.69) is 24.3 Å². The molecule has 0 bridgehead atoms. The first-order chi connectivity index (χ1) is 8.13. The summed E-state index contributed by atoms with van der Waals surface area (Å²) >= 11 is 0. The summed E-state index contributed by atoms with van der Waals surface area (Å²) in [6, 6.07) is 0.587. The molecule has 0 fully saturated rings. The Morgan fingerprint density at radius 2 is 2.12 bits per heavy atom. The summed E-state index contributed by atoms with van der Waals surface area (Å²) in [4.78, 5) is 0. The fraction of sp³-hybridized carbons (Fsp3) is 0.769. The molecule has 0 spiro atoms. The Bertz CT molecular complexity index is 347. The molecule has 0 aromatic carbocycles. The van der Waals surface area contributed by atoms with Crippen molar-refractivity contribution in [3.63, 3.8) is 0 Å². The fourth-order valence-corrected chi connectivity index (χ4v) is 2.19. The van der Waals surface area contributed by atoms with Crippen molar-refractivity contribution in [1.29, 1.82) is 0 Å². The minimum Gasteiger partial charge on any atom is -0.481 e. The van der Waals surface area contributed by atoms with E-state index in [9.17, 15) is 0 Å². The largest absolute Gasteiger partial charge is 0.481 e. The zero-order chi connectivity index (χ0) is 12.8. The molecule has 1 unspecified atom stereocenters. The zero-order valence-corrected chi connectivity index (χ0v) is 11.7. The third-order valence-electron chi connectivity index (χ3n) is 3.18. The standard InChI is InChI=1S/C13H25N3O/c1-6-8-11(7-2)14-9-12-10(3)15-16(4)13(12)17-5/h11,14H,6-9H2,1-5H3. The van der Waals surface area contributed by atoms with E-state index in [0.717, 1.165) is 24.5 Å². The number of nitrogens with zero attached hydrogens (tertiary/aromatic N) is 2. The lowest BCUT2D eigenvalue weighted by molar-refractivity contribution is 0.365. The van der Waals surface area contributed by atoms with E-state index in [4.69, 9.17) is 4.74 Å². The first-order valence-electron chi connectivity index (χ1n) is 6.43. The van der Waals surface area contributed by atoms with Crippen LogP contribution in [0.5, 0.6) is 5.88 Å². The maximum atomic E-state index is 5.38. The molecule has 0 radical (unpaired) electrons. The Kier molecular flexibility index (Phi) is 5.48. The lowest BCUT2D eigenvalue weighted by Crippen LogP contribution is -2.28. The van der Waals surface area contributed by atoms with Gasteiger partial charge >= 0.3 is 0 Å². The van der Waals surface area contributed by atoms with Crippen LogP contribution in [0.4, 0.5) is 0 Å². The second-order valence-corrected chi connectivity index (χ2v) is 4.47. The number of nitrogens with one attached hydrogen (secondary N) is 1. The van der Waals surface area contributed by atoms with Gasteiger partial charge in [0.15, 0.2) is 0 Å². The minimum atomic E-state index is 0.587. The van der Waals surface area contributed by atoms with Crippen LogP contribution in [0.1, 0.15) is 44.4 Å². The molecular formula is C13H25N3O. The monoisotopic (exact) mass is 239 g/mol. The maximum Gasteiger partial charge on any atom is 0.216 e. The molecule has 1 aromatic rings. The average Bonchev–Trinajstić information content (AvgIpc) is 2.58. The highest BCUT2D eigenvalue weighted by atomic mass is 16.5. The first-order valence-corrected chi connectivity index (χ1v) is 6.43. The lowest BCUT2D eigenvalue weighted by Gasteiger charge is -2.16. The van der Waals surface area contributed by atoms with E-state index in [0.29, 0.717) is 6.04 Å². The molecule has 4 nitrogen and oxygen atoms in total. The van der Waals surface area contributed by atoms with E-state index in [1.807, 2.05) is 14.0 Å². The highest BCUT2D eigenvalue weighted by molar-refractivity contribution is 5.30. The SMILES string of the molecule is CCCC(CC)NCc1c(C)nn(C)c1OC. The Labute approximate surface area is 104 Å². The van der Waals surface area contributed by atoms with Crippen LogP contribution in [0.15, 0.2) is 0 Å². The highest BCUT2D eigenvalue weighted by Gasteiger charge is 2.14. The topological polar surface area (TPSA) is 39.1 Å². The third kappa shape index (κ3) is 3.46. The molecule has 0 aliphatic heterocycles. The molecule has 1 heterocycles. The Balaban J connectivity index is 2.67. The van der Waals surface area contributed by atoms with Gasteiger partial charge < -0.3 is 10.1 Å². The molecule has 1 N–H and O–H groups in total. The van der Waals surface area contributed by atoms with Gasteiger partial charge in [-0.3, -0.25) is 0 Å². The predicted octanol–water partition coefficient (Wildman–Crippen LogP) is 2.41. The van der Waals surface area contributed by atoms with Crippen molar-refractivity contribution < 1.29 is 4.74 Å². The average molecular weight is 239 g/mol. The molecule has 1 rings (SSSR count). The predicted molar refractivity (Wildman–Crippen MR) is 70.3 cm³/mol. The summed E-state index contributed by atoms with van der Waals surface area (Å²) < 4.78 is 7.18. The van der Waals surface area contributed by atoms with Crippen LogP contribution in [0.2, 0.25) is 0 Å². The Hall–Kier alpha value is -1.03. The minimum absolute atomic E-state index is 0.587. The van der Waals surface area contributed by atoms with Crippen molar-refractivity contribution in [2.45, 2.75) is 52.6 Å². The number of aromatic nitrogens is 2. The molecule has 0 saturated heterocycles. The van der Waals surface area contributed by atoms with Gasteiger partial charge in [-0.15, -0.1) is 0 Å². The van der Waals surface area contributed by atoms with Crippen LogP contribution in [-0.4, -0.2) is 22.9 Å². The normalized spacial score (nSPS) is 12.8. The smallest absolute Gasteiger partial charge is 0.216 e. The summed E-state index contributed by atoms with van der Waals surface area (Å²) in [7, 11) is 3.61. The second-order valence-electron chi connectivity index (χ2n) is 4.47. The molecule has 17 heavy (non-hydrogen) atoms. The van der Waals surface area contributed by atoms with Crippen LogP contribution < -0.4 is 10.1 Å². The number of hydrogen-bond donors (Lipinski definition) is 1. The van der Waals surface area contributed by atoms with Gasteiger partial charge in [-0.05, 0) is 19.8 Å². The van der Waals surface area contributed by atoms with Crippen LogP contribution in [0.25, 0.3) is 0 Å². The number of ether oxygens (including phenoxy) is 1. The van der Waals surface area contributed by atoms with Crippen LogP contribution in [0.3, 0.4) is 0 Å². The molecule has 0 saturated carbocycles. The van der Waals surface area contributed by atoms with Crippen molar-refractivity contribution >= 4 is 0 Å². The number of rotatable bonds is 7. The van der Waals surface area contributed by atoms with Gasteiger partial charge in [0.25, 0.3) is 0 Å². The van der Waals surface area contributed by atoms with Crippen molar-refractivity contribution in [1.82, 2.24) is 15.1 Å². The van der Waals surface area contributed by atoms with E-state index in [1.165, 1.54) is 18.4 Å². The summed E-state index contributed by atoms with van der Waals surface area (Å²) in [5.74, 6) is 0.862. The third-order valence-corrected chi connectivity index (χ3v) is 3.18. The van der Waals surface area contributed by atoms with E-state index >= 15 is 0 Å². The molecule has 0 amide bonds. The quantitative estimate of drug-likeness (QED) is 0.794. The molecule has 4 heteroatoms. The Morgan fingerprint density at radius 3 is 2.65 bits per heavy atom. The van der Waals surface area contributed by atoms with Crippen LogP contribution >= 0.6 is 0 Å². The summed E-state index contributed by atoms with van der Waals surface area (Å²) in [6.45, 7) is 7.31. The van der Waals surface area contributed by atoms with Gasteiger partial charge in [0.2, 0.25) is 5.88 Å². The lowest BCUT2D eigenvalue weighted by atomic mass is 10.1. The van der Waals surface area contributed by atoms with Gasteiger partial charge in [0.05, 0.1) is 18.4 Å². The van der Waals surface area contributed by atoms with Gasteiger partial charge in [-0.25, -0.2) is 4.68 Å². The van der Waals surface area contributed by atoms with E-state index in [-0.39, 0.29) is 0 Å². The first kappa shape index (κ1) is 14.0. The number of hydrogen-bond acceptors (Lipinski definition) is 3. The zero-order valence-electron chi connectivity index (χ0n) is 11.7. The van der Waals surface area contributed by atoms with Crippen molar-refractivity contribution in [3.8, 4) is 5.88 Å². The maximum absolute atomic E-state index is 5.38. The van der Waals surface area contributed by atoms with Crippen LogP contribution in [0, 0.1) is 6.92 Å². The van der Waals surface area contributed by atoms with Gasteiger partial charge in [0, 0.05) is 19.6 Å². The van der Waals surface area contributed by atoms with Crippen molar-refractivity contribution in [2.24, 2.45) is 7.05 Å². The number of aryl methyl sites for hydroxylation is 2. The summed E-state index contributed by atoms with van der Waals surface area (Å²) in [5.41, 5.74) is 2.22. The summed E-state index contributed by atoms with van der Waals surface area (Å²) in [5, 5.41) is 7.97. The molecule has 98 valence electrons.